The summed E-state index contributed by atoms with van der Waals surface area (Å²) in [4.78, 5) is 0.250. The second-order valence-electron chi connectivity index (χ2n) is 5.92. The third-order valence-corrected chi connectivity index (χ3v) is 5.61. The minimum absolute atomic E-state index is 0.200. The van der Waals surface area contributed by atoms with Gasteiger partial charge in [0.25, 0.3) is 0 Å². The molecule has 0 spiro atoms. The van der Waals surface area contributed by atoms with Crippen LogP contribution in [-0.2, 0) is 19.3 Å². The van der Waals surface area contributed by atoms with Crippen molar-refractivity contribution in [1.82, 2.24) is 5.06 Å². The van der Waals surface area contributed by atoms with Crippen LogP contribution in [0.5, 0.6) is 0 Å². The maximum Gasteiger partial charge on any atom is 0.180 e. The van der Waals surface area contributed by atoms with Crippen molar-refractivity contribution in [3.63, 3.8) is 0 Å². The van der Waals surface area contributed by atoms with Crippen molar-refractivity contribution in [3.8, 4) is 0 Å². The maximum atomic E-state index is 12.4. The van der Waals surface area contributed by atoms with E-state index in [0.29, 0.717) is 0 Å². The Hall–Kier alpha value is -0.990. The van der Waals surface area contributed by atoms with E-state index in [-0.39, 0.29) is 23.3 Å². The summed E-state index contributed by atoms with van der Waals surface area (Å²) >= 11 is 0. The van der Waals surface area contributed by atoms with Gasteiger partial charge in [0.15, 0.2) is 15.6 Å². The van der Waals surface area contributed by atoms with Crippen molar-refractivity contribution >= 4 is 9.84 Å². The van der Waals surface area contributed by atoms with Gasteiger partial charge < -0.3 is 14.7 Å². The van der Waals surface area contributed by atoms with Crippen molar-refractivity contribution in [2.45, 2.75) is 42.8 Å². The fourth-order valence-corrected chi connectivity index (χ4v) is 4.53. The van der Waals surface area contributed by atoms with Crippen molar-refractivity contribution in [2.24, 2.45) is 0 Å². The largest absolute Gasteiger partial charge is 0.343 e. The van der Waals surface area contributed by atoms with Gasteiger partial charge in [-0.3, -0.25) is 0 Å². The van der Waals surface area contributed by atoms with E-state index in [2.05, 4.69) is 0 Å². The molecule has 0 unspecified atom stereocenters. The van der Waals surface area contributed by atoms with E-state index in [9.17, 15) is 13.6 Å². The molecule has 0 aliphatic carbocycles. The average molecular weight is 313 g/mol. The van der Waals surface area contributed by atoms with Crippen LogP contribution in [0.3, 0.4) is 0 Å². The van der Waals surface area contributed by atoms with Crippen LogP contribution < -0.4 is 0 Å². The number of fused-ring (bicyclic) bond motifs is 1. The second-order valence-corrected chi connectivity index (χ2v) is 7.96. The number of hydrogen-bond donors (Lipinski definition) is 1. The Morgan fingerprint density at radius 2 is 1.95 bits per heavy atom. The van der Waals surface area contributed by atoms with Gasteiger partial charge in [-0.2, -0.15) is 5.06 Å². The van der Waals surface area contributed by atoms with Crippen LogP contribution in [0.15, 0.2) is 35.2 Å². The molecule has 0 bridgehead atoms. The first-order valence-electron chi connectivity index (χ1n) is 6.87. The Balaban J connectivity index is 1.81. The van der Waals surface area contributed by atoms with E-state index in [0.717, 1.165) is 5.06 Å². The standard InChI is InChI=1S/C14H19NO5S/c1-14(2)19-12-8-15(16)11(13(12)20-14)9-21(17,18)10-6-4-3-5-7-10/h3-7,11-13,16H,8-9H2,1-2H3/t11-,12+,13-/m0/s1. The third kappa shape index (κ3) is 2.84. The molecular formula is C14H19NO5S. The highest BCUT2D eigenvalue weighted by atomic mass is 32.2. The molecule has 3 rings (SSSR count). The number of rotatable bonds is 3. The van der Waals surface area contributed by atoms with Crippen molar-refractivity contribution < 1.29 is 23.1 Å². The number of hydroxylamine groups is 2. The van der Waals surface area contributed by atoms with Gasteiger partial charge in [-0.25, -0.2) is 8.42 Å². The van der Waals surface area contributed by atoms with Crippen LogP contribution in [0.2, 0.25) is 0 Å². The first-order valence-corrected chi connectivity index (χ1v) is 8.53. The molecule has 21 heavy (non-hydrogen) atoms. The Morgan fingerprint density at radius 3 is 2.62 bits per heavy atom. The molecule has 2 saturated heterocycles. The molecule has 6 nitrogen and oxygen atoms in total. The molecule has 2 aliphatic rings. The molecule has 0 radical (unpaired) electrons. The van der Waals surface area contributed by atoms with Gasteiger partial charge in [-0.1, -0.05) is 18.2 Å². The first kappa shape index (κ1) is 14.9. The molecule has 0 saturated carbocycles. The maximum absolute atomic E-state index is 12.4. The predicted molar refractivity (Wildman–Crippen MR) is 74.6 cm³/mol. The summed E-state index contributed by atoms with van der Waals surface area (Å²) in [5.74, 6) is -0.945. The zero-order valence-electron chi connectivity index (χ0n) is 12.0. The van der Waals surface area contributed by atoms with E-state index in [4.69, 9.17) is 9.47 Å². The van der Waals surface area contributed by atoms with E-state index in [1.54, 1.807) is 44.2 Å². The highest BCUT2D eigenvalue weighted by Gasteiger charge is 2.53. The molecule has 1 N–H and O–H groups in total. The average Bonchev–Trinajstić information content (AvgIpc) is 2.84. The molecule has 2 aliphatic heterocycles. The Morgan fingerprint density at radius 1 is 1.29 bits per heavy atom. The van der Waals surface area contributed by atoms with E-state index < -0.39 is 27.8 Å². The quantitative estimate of drug-likeness (QED) is 0.899. The SMILES string of the molecule is CC1(C)O[C@@H]2[C@@H](CN(O)[C@H]2CS(=O)(=O)c2ccccc2)O1. The van der Waals surface area contributed by atoms with Crippen LogP contribution in [0, 0.1) is 0 Å². The highest BCUT2D eigenvalue weighted by molar-refractivity contribution is 7.91. The summed E-state index contributed by atoms with van der Waals surface area (Å²) in [6, 6.07) is 7.61. The summed E-state index contributed by atoms with van der Waals surface area (Å²) in [6.45, 7) is 3.83. The van der Waals surface area contributed by atoms with Crippen LogP contribution in [0.25, 0.3) is 0 Å². The topological polar surface area (TPSA) is 76.1 Å². The lowest BCUT2D eigenvalue weighted by Crippen LogP contribution is -2.41. The molecule has 116 valence electrons. The lowest BCUT2D eigenvalue weighted by Gasteiger charge is -2.25. The van der Waals surface area contributed by atoms with Crippen LogP contribution in [-0.4, -0.2) is 55.0 Å². The fourth-order valence-electron chi connectivity index (χ4n) is 2.95. The second kappa shape index (κ2) is 5.03. The smallest absolute Gasteiger partial charge is 0.180 e. The van der Waals surface area contributed by atoms with Gasteiger partial charge >= 0.3 is 0 Å². The summed E-state index contributed by atoms with van der Waals surface area (Å²) in [7, 11) is -3.49. The van der Waals surface area contributed by atoms with Gasteiger partial charge in [-0.05, 0) is 26.0 Å². The minimum atomic E-state index is -3.49. The van der Waals surface area contributed by atoms with Gasteiger partial charge in [0.1, 0.15) is 12.2 Å². The van der Waals surface area contributed by atoms with Gasteiger partial charge in [-0.15, -0.1) is 0 Å². The van der Waals surface area contributed by atoms with Crippen molar-refractivity contribution in [3.05, 3.63) is 30.3 Å². The summed E-state index contributed by atoms with van der Waals surface area (Å²) in [6.07, 6.45) is -0.746. The molecule has 0 amide bonds. The molecule has 1 aromatic carbocycles. The molecule has 0 aromatic heterocycles. The summed E-state index contributed by atoms with van der Waals surface area (Å²) < 4.78 is 36.3. The van der Waals surface area contributed by atoms with Crippen LogP contribution >= 0.6 is 0 Å². The minimum Gasteiger partial charge on any atom is -0.343 e. The number of ether oxygens (including phenoxy) is 2. The number of nitrogens with zero attached hydrogens (tertiary/aromatic N) is 1. The molecular weight excluding hydrogens is 294 g/mol. The zero-order valence-corrected chi connectivity index (χ0v) is 12.8. The lowest BCUT2D eigenvalue weighted by atomic mass is 10.2. The monoisotopic (exact) mass is 313 g/mol. The van der Waals surface area contributed by atoms with Gasteiger partial charge in [0.05, 0.1) is 23.2 Å². The molecule has 2 fully saturated rings. The van der Waals surface area contributed by atoms with E-state index in [1.807, 2.05) is 0 Å². The van der Waals surface area contributed by atoms with Crippen LogP contribution in [0.4, 0.5) is 0 Å². The Labute approximate surface area is 124 Å². The van der Waals surface area contributed by atoms with Crippen molar-refractivity contribution in [2.75, 3.05) is 12.3 Å². The predicted octanol–water partition coefficient (Wildman–Crippen LogP) is 1.05. The zero-order chi connectivity index (χ0) is 15.3. The number of sulfone groups is 1. The first-order chi connectivity index (χ1) is 9.78. The molecule has 3 atom stereocenters. The highest BCUT2D eigenvalue weighted by Crippen LogP contribution is 2.36. The molecule has 2 heterocycles. The van der Waals surface area contributed by atoms with E-state index in [1.165, 1.54) is 0 Å². The summed E-state index contributed by atoms with van der Waals surface area (Å²) in [5, 5.41) is 11.0. The Bertz CT molecular complexity index is 616. The Kier molecular flexibility index (Phi) is 3.58. The normalized spacial score (nSPS) is 32.2. The molecule has 1 aromatic rings. The van der Waals surface area contributed by atoms with E-state index >= 15 is 0 Å². The molecule has 7 heteroatoms. The number of hydrogen-bond acceptors (Lipinski definition) is 6. The number of benzene rings is 1. The fraction of sp³-hybridized carbons (Fsp3) is 0.571. The van der Waals surface area contributed by atoms with Crippen molar-refractivity contribution in [1.29, 1.82) is 0 Å². The third-order valence-electron chi connectivity index (χ3n) is 3.84. The van der Waals surface area contributed by atoms with Crippen LogP contribution in [0.1, 0.15) is 13.8 Å². The lowest BCUT2D eigenvalue weighted by molar-refractivity contribution is -0.194. The summed E-state index contributed by atoms with van der Waals surface area (Å²) in [5.41, 5.74) is 0. The van der Waals surface area contributed by atoms with Gasteiger partial charge in [0, 0.05) is 0 Å². The van der Waals surface area contributed by atoms with Gasteiger partial charge in [0.2, 0.25) is 0 Å².